The van der Waals surface area contributed by atoms with Crippen molar-refractivity contribution < 1.29 is 10.0 Å². The number of carbonyl (C=O) groups excluding carboxylic acids is 1. The normalized spacial score (nSPS) is 32.4. The second-order valence-electron chi connectivity index (χ2n) is 5.56. The van der Waals surface area contributed by atoms with Gasteiger partial charge in [-0.1, -0.05) is 12.1 Å². The minimum atomic E-state index is -0.694. The SMILES string of the molecule is CC1CCC(C)N(C(=O)C2(C(N)=NO)CC2)C1. The third-order valence-corrected chi connectivity index (χ3v) is 4.14. The first kappa shape index (κ1) is 12.2. The van der Waals surface area contributed by atoms with Gasteiger partial charge in [-0.2, -0.15) is 0 Å². The van der Waals surface area contributed by atoms with E-state index < -0.39 is 5.41 Å². The van der Waals surface area contributed by atoms with E-state index in [4.69, 9.17) is 10.9 Å². The summed E-state index contributed by atoms with van der Waals surface area (Å²) in [6, 6.07) is 0.266. The fourth-order valence-corrected chi connectivity index (χ4v) is 2.65. The lowest BCUT2D eigenvalue weighted by Gasteiger charge is -2.38. The predicted molar refractivity (Wildman–Crippen MR) is 64.6 cm³/mol. The molecule has 1 aliphatic carbocycles. The number of carbonyl (C=O) groups is 1. The molecule has 0 bridgehead atoms. The lowest BCUT2D eigenvalue weighted by molar-refractivity contribution is -0.138. The average molecular weight is 239 g/mol. The molecule has 2 fully saturated rings. The summed E-state index contributed by atoms with van der Waals surface area (Å²) in [5.74, 6) is 0.665. The van der Waals surface area contributed by atoms with Gasteiger partial charge >= 0.3 is 0 Å². The van der Waals surface area contributed by atoms with Crippen LogP contribution in [-0.2, 0) is 4.79 Å². The fourth-order valence-electron chi connectivity index (χ4n) is 2.65. The summed E-state index contributed by atoms with van der Waals surface area (Å²) in [5, 5.41) is 11.8. The predicted octanol–water partition coefficient (Wildman–Crippen LogP) is 1.16. The summed E-state index contributed by atoms with van der Waals surface area (Å²) >= 11 is 0. The van der Waals surface area contributed by atoms with E-state index in [0.29, 0.717) is 18.8 Å². The first-order valence-corrected chi connectivity index (χ1v) is 6.30. The van der Waals surface area contributed by atoms with Crippen molar-refractivity contribution in [1.82, 2.24) is 4.90 Å². The standard InChI is InChI=1S/C12H21N3O2/c1-8-3-4-9(2)15(7-8)11(16)12(5-6-12)10(13)14-17/h8-9,17H,3-7H2,1-2H3,(H2,13,14). The Labute approximate surface area is 102 Å². The number of amidine groups is 1. The maximum Gasteiger partial charge on any atom is 0.236 e. The van der Waals surface area contributed by atoms with E-state index in [0.717, 1.165) is 13.0 Å². The van der Waals surface area contributed by atoms with Crippen LogP contribution in [0.25, 0.3) is 0 Å². The van der Waals surface area contributed by atoms with Gasteiger partial charge in [0.2, 0.25) is 5.91 Å². The van der Waals surface area contributed by atoms with Crippen LogP contribution >= 0.6 is 0 Å². The molecule has 0 aromatic heterocycles. The molecule has 1 saturated heterocycles. The second kappa shape index (κ2) is 4.20. The molecule has 5 heteroatoms. The number of oxime groups is 1. The molecular formula is C12H21N3O2. The van der Waals surface area contributed by atoms with Gasteiger partial charge in [0.15, 0.2) is 5.84 Å². The number of hydrogen-bond donors (Lipinski definition) is 2. The van der Waals surface area contributed by atoms with E-state index in [9.17, 15) is 4.79 Å². The molecule has 96 valence electrons. The van der Waals surface area contributed by atoms with Crippen LogP contribution in [0.4, 0.5) is 0 Å². The van der Waals surface area contributed by atoms with Crippen molar-refractivity contribution in [1.29, 1.82) is 0 Å². The largest absolute Gasteiger partial charge is 0.409 e. The topological polar surface area (TPSA) is 78.9 Å². The van der Waals surface area contributed by atoms with Gasteiger partial charge < -0.3 is 15.8 Å². The van der Waals surface area contributed by atoms with E-state index in [1.54, 1.807) is 0 Å². The average Bonchev–Trinajstić information content (AvgIpc) is 3.11. The van der Waals surface area contributed by atoms with Gasteiger partial charge in [0.1, 0.15) is 5.41 Å². The number of amides is 1. The van der Waals surface area contributed by atoms with Crippen molar-refractivity contribution in [3.05, 3.63) is 0 Å². The molecule has 1 saturated carbocycles. The molecule has 17 heavy (non-hydrogen) atoms. The van der Waals surface area contributed by atoms with Crippen molar-refractivity contribution in [2.75, 3.05) is 6.54 Å². The summed E-state index contributed by atoms with van der Waals surface area (Å²) in [6.45, 7) is 5.03. The Balaban J connectivity index is 2.14. The van der Waals surface area contributed by atoms with Gasteiger partial charge in [0.05, 0.1) is 0 Å². The van der Waals surface area contributed by atoms with Crippen LogP contribution in [0.1, 0.15) is 39.5 Å². The summed E-state index contributed by atoms with van der Waals surface area (Å²) in [6.07, 6.45) is 3.62. The molecule has 0 aromatic carbocycles. The summed E-state index contributed by atoms with van der Waals surface area (Å²) in [7, 11) is 0. The monoisotopic (exact) mass is 239 g/mol. The summed E-state index contributed by atoms with van der Waals surface area (Å²) in [4.78, 5) is 14.4. The molecule has 1 amide bonds. The minimum absolute atomic E-state index is 0.0480. The van der Waals surface area contributed by atoms with Crippen molar-refractivity contribution in [2.45, 2.75) is 45.6 Å². The van der Waals surface area contributed by atoms with Gasteiger partial charge in [0.25, 0.3) is 0 Å². The maximum absolute atomic E-state index is 12.5. The Bertz CT molecular complexity index is 350. The van der Waals surface area contributed by atoms with Crippen molar-refractivity contribution in [2.24, 2.45) is 22.2 Å². The van der Waals surface area contributed by atoms with Crippen molar-refractivity contribution in [3.8, 4) is 0 Å². The number of nitrogens with two attached hydrogens (primary N) is 1. The van der Waals surface area contributed by atoms with Crippen LogP contribution in [0, 0.1) is 11.3 Å². The van der Waals surface area contributed by atoms with E-state index >= 15 is 0 Å². The molecule has 2 aliphatic rings. The number of nitrogens with zero attached hydrogens (tertiary/aromatic N) is 2. The third kappa shape index (κ3) is 1.98. The van der Waals surface area contributed by atoms with Crippen LogP contribution in [-0.4, -0.2) is 34.4 Å². The highest BCUT2D eigenvalue weighted by Gasteiger charge is 2.56. The molecule has 3 N–H and O–H groups in total. The molecule has 2 rings (SSSR count). The highest BCUT2D eigenvalue weighted by Crippen LogP contribution is 2.48. The van der Waals surface area contributed by atoms with Crippen LogP contribution in [0.5, 0.6) is 0 Å². The zero-order valence-corrected chi connectivity index (χ0v) is 10.5. The van der Waals surface area contributed by atoms with Gasteiger partial charge in [-0.15, -0.1) is 0 Å². The molecule has 0 radical (unpaired) electrons. The van der Waals surface area contributed by atoms with Crippen molar-refractivity contribution >= 4 is 11.7 Å². The second-order valence-corrected chi connectivity index (χ2v) is 5.56. The van der Waals surface area contributed by atoms with Crippen molar-refractivity contribution in [3.63, 3.8) is 0 Å². The number of piperidine rings is 1. The van der Waals surface area contributed by atoms with Gasteiger partial charge in [-0.25, -0.2) is 0 Å². The Hall–Kier alpha value is -1.26. The molecule has 2 atom stereocenters. The first-order valence-electron chi connectivity index (χ1n) is 6.30. The van der Waals surface area contributed by atoms with E-state index in [-0.39, 0.29) is 17.8 Å². The molecule has 1 aliphatic heterocycles. The molecule has 1 heterocycles. The molecule has 0 aromatic rings. The zero-order valence-electron chi connectivity index (χ0n) is 10.5. The number of rotatable bonds is 2. The zero-order chi connectivity index (χ0) is 12.6. The highest BCUT2D eigenvalue weighted by molar-refractivity contribution is 6.09. The third-order valence-electron chi connectivity index (χ3n) is 4.14. The van der Waals surface area contributed by atoms with Crippen LogP contribution in [0.15, 0.2) is 5.16 Å². The number of hydrogen-bond acceptors (Lipinski definition) is 3. The van der Waals surface area contributed by atoms with Crippen LogP contribution in [0.2, 0.25) is 0 Å². The van der Waals surface area contributed by atoms with E-state index in [2.05, 4.69) is 19.0 Å². The number of likely N-dealkylation sites (tertiary alicyclic amines) is 1. The van der Waals surface area contributed by atoms with Crippen LogP contribution < -0.4 is 5.73 Å². The Morgan fingerprint density at radius 1 is 1.41 bits per heavy atom. The smallest absolute Gasteiger partial charge is 0.236 e. The van der Waals surface area contributed by atoms with Gasteiger partial charge in [-0.3, -0.25) is 4.79 Å². The van der Waals surface area contributed by atoms with E-state index in [1.807, 2.05) is 4.90 Å². The summed E-state index contributed by atoms with van der Waals surface area (Å²) in [5.41, 5.74) is 4.96. The maximum atomic E-state index is 12.5. The lowest BCUT2D eigenvalue weighted by Crippen LogP contribution is -2.51. The molecule has 2 unspecified atom stereocenters. The fraction of sp³-hybridized carbons (Fsp3) is 0.833. The Morgan fingerprint density at radius 2 is 2.06 bits per heavy atom. The lowest BCUT2D eigenvalue weighted by atomic mass is 9.92. The minimum Gasteiger partial charge on any atom is -0.409 e. The van der Waals surface area contributed by atoms with Gasteiger partial charge in [0, 0.05) is 12.6 Å². The van der Waals surface area contributed by atoms with E-state index in [1.165, 1.54) is 6.42 Å². The van der Waals surface area contributed by atoms with Gasteiger partial charge in [-0.05, 0) is 38.5 Å². The van der Waals surface area contributed by atoms with Crippen LogP contribution in [0.3, 0.4) is 0 Å². The summed E-state index contributed by atoms with van der Waals surface area (Å²) < 4.78 is 0. The quantitative estimate of drug-likeness (QED) is 0.328. The molecule has 5 nitrogen and oxygen atoms in total. The first-order chi connectivity index (χ1) is 8.01. The highest BCUT2D eigenvalue weighted by atomic mass is 16.4. The Kier molecular flexibility index (Phi) is 3.02. The molecule has 0 spiro atoms. The molecular weight excluding hydrogens is 218 g/mol. The Morgan fingerprint density at radius 3 is 2.59 bits per heavy atom.